The number of carbonyl (C=O) groups excluding carboxylic acids is 1. The summed E-state index contributed by atoms with van der Waals surface area (Å²) in [6, 6.07) is -0.0493. The van der Waals surface area contributed by atoms with E-state index in [1.165, 1.54) is 4.90 Å². The number of amides is 2. The lowest BCUT2D eigenvalue weighted by atomic mass is 10.3. The normalized spacial score (nSPS) is 16.4. The van der Waals surface area contributed by atoms with E-state index in [0.29, 0.717) is 32.1 Å². The first kappa shape index (κ1) is 15.0. The number of nitrogens with zero attached hydrogens (tertiary/aromatic N) is 4. The Morgan fingerprint density at radius 3 is 2.38 bits per heavy atom. The Morgan fingerprint density at radius 2 is 1.86 bits per heavy atom. The van der Waals surface area contributed by atoms with E-state index in [1.54, 1.807) is 18.5 Å². The van der Waals surface area contributed by atoms with Gasteiger partial charge in [0.25, 0.3) is 0 Å². The molecule has 2 rings (SSSR count). The molecule has 1 aromatic rings. The Bertz CT molecular complexity index is 490. The van der Waals surface area contributed by atoms with E-state index in [0.717, 1.165) is 0 Å². The number of aliphatic carboxylic acids is 1. The van der Waals surface area contributed by atoms with Crippen molar-refractivity contribution in [3.8, 4) is 0 Å². The minimum Gasteiger partial charge on any atom is -0.480 e. The van der Waals surface area contributed by atoms with Gasteiger partial charge in [0.2, 0.25) is 5.95 Å². The summed E-state index contributed by atoms with van der Waals surface area (Å²) in [5.74, 6) is -0.654. The van der Waals surface area contributed by atoms with Crippen LogP contribution in [-0.4, -0.2) is 75.9 Å². The maximum atomic E-state index is 11.9. The van der Waals surface area contributed by atoms with Crippen molar-refractivity contribution in [2.75, 3.05) is 37.7 Å². The Hall–Kier alpha value is -2.42. The number of rotatable bonds is 4. The van der Waals surface area contributed by atoms with Crippen LogP contribution in [0, 0.1) is 0 Å². The Labute approximate surface area is 121 Å². The minimum absolute atomic E-state index is 0.432. The molecule has 1 aromatic heterocycles. The highest BCUT2D eigenvalue weighted by atomic mass is 16.4. The van der Waals surface area contributed by atoms with Gasteiger partial charge in [0, 0.05) is 38.6 Å². The third-order valence-corrected chi connectivity index (χ3v) is 3.18. The highest BCUT2D eigenvalue weighted by molar-refractivity contribution is 5.82. The van der Waals surface area contributed by atoms with Crippen LogP contribution < -0.4 is 10.2 Å². The molecule has 1 aliphatic heterocycles. The molecular weight excluding hydrogens is 278 g/mol. The third-order valence-electron chi connectivity index (χ3n) is 3.18. The van der Waals surface area contributed by atoms with Gasteiger partial charge in [0.15, 0.2) is 6.04 Å². The number of carboxylic acids is 1. The van der Waals surface area contributed by atoms with E-state index in [1.807, 2.05) is 4.90 Å². The fraction of sp³-hybridized carbons (Fsp3) is 0.500. The molecule has 1 atom stereocenters. The van der Waals surface area contributed by atoms with Gasteiger partial charge in [0.1, 0.15) is 0 Å². The molecule has 0 spiro atoms. The molecule has 0 unspecified atom stereocenters. The van der Waals surface area contributed by atoms with Crippen LogP contribution in [0.4, 0.5) is 10.7 Å². The SMILES string of the molecule is O=C(O)[C@@H](CO)NC(=O)N1CCN(c2ncccn2)CC1. The Morgan fingerprint density at radius 1 is 1.24 bits per heavy atom. The minimum atomic E-state index is -1.28. The second-order valence-corrected chi connectivity index (χ2v) is 4.55. The predicted octanol–water partition coefficient (Wildman–Crippen LogP) is -1.25. The standard InChI is InChI=1S/C12H17N5O4/c18-8-9(10(19)20)15-12(21)17-6-4-16(5-7-17)11-13-2-1-3-14-11/h1-3,9,18H,4-8H2,(H,15,21)(H,19,20)/t9-/m1/s1. The van der Waals surface area contributed by atoms with E-state index in [2.05, 4.69) is 15.3 Å². The molecule has 1 saturated heterocycles. The number of piperazine rings is 1. The first-order chi connectivity index (χ1) is 10.1. The van der Waals surface area contributed by atoms with Gasteiger partial charge < -0.3 is 25.3 Å². The number of aliphatic hydroxyl groups is 1. The summed E-state index contributed by atoms with van der Waals surface area (Å²) >= 11 is 0. The first-order valence-electron chi connectivity index (χ1n) is 6.53. The fourth-order valence-electron chi connectivity index (χ4n) is 1.99. The maximum absolute atomic E-state index is 11.9. The number of hydrogen-bond acceptors (Lipinski definition) is 6. The van der Waals surface area contributed by atoms with Crippen molar-refractivity contribution < 1.29 is 19.8 Å². The second kappa shape index (κ2) is 6.84. The number of aliphatic hydroxyl groups excluding tert-OH is 1. The zero-order chi connectivity index (χ0) is 15.2. The largest absolute Gasteiger partial charge is 0.480 e. The summed E-state index contributed by atoms with van der Waals surface area (Å²) < 4.78 is 0. The highest BCUT2D eigenvalue weighted by Crippen LogP contribution is 2.09. The number of hydrogen-bond donors (Lipinski definition) is 3. The molecule has 0 aromatic carbocycles. The quantitative estimate of drug-likeness (QED) is 0.635. The summed E-state index contributed by atoms with van der Waals surface area (Å²) in [4.78, 5) is 34.4. The molecule has 0 radical (unpaired) electrons. The first-order valence-corrected chi connectivity index (χ1v) is 6.53. The van der Waals surface area contributed by atoms with E-state index in [4.69, 9.17) is 10.2 Å². The average molecular weight is 295 g/mol. The van der Waals surface area contributed by atoms with Crippen LogP contribution in [-0.2, 0) is 4.79 Å². The van der Waals surface area contributed by atoms with Gasteiger partial charge in [-0.25, -0.2) is 19.6 Å². The zero-order valence-corrected chi connectivity index (χ0v) is 11.3. The smallest absolute Gasteiger partial charge is 0.328 e. The number of aromatic nitrogens is 2. The molecule has 2 heterocycles. The summed E-state index contributed by atoms with van der Waals surface area (Å²) in [6.45, 7) is 1.35. The fourth-order valence-corrected chi connectivity index (χ4v) is 1.99. The van der Waals surface area contributed by atoms with Crippen molar-refractivity contribution in [1.82, 2.24) is 20.2 Å². The van der Waals surface area contributed by atoms with Crippen LogP contribution >= 0.6 is 0 Å². The number of urea groups is 1. The molecule has 114 valence electrons. The lowest BCUT2D eigenvalue weighted by molar-refractivity contribution is -0.140. The monoisotopic (exact) mass is 295 g/mol. The molecule has 3 N–H and O–H groups in total. The van der Waals surface area contributed by atoms with Gasteiger partial charge in [-0.05, 0) is 6.07 Å². The lowest BCUT2D eigenvalue weighted by Gasteiger charge is -2.35. The summed E-state index contributed by atoms with van der Waals surface area (Å²) in [7, 11) is 0. The molecule has 9 heteroatoms. The zero-order valence-electron chi connectivity index (χ0n) is 11.3. The molecule has 0 saturated carbocycles. The van der Waals surface area contributed by atoms with Gasteiger partial charge in [-0.3, -0.25) is 0 Å². The number of carbonyl (C=O) groups is 2. The van der Waals surface area contributed by atoms with Crippen LogP contribution in [0.15, 0.2) is 18.5 Å². The van der Waals surface area contributed by atoms with E-state index >= 15 is 0 Å². The van der Waals surface area contributed by atoms with Gasteiger partial charge in [-0.2, -0.15) is 0 Å². The van der Waals surface area contributed by atoms with Gasteiger partial charge in [-0.1, -0.05) is 0 Å². The van der Waals surface area contributed by atoms with Crippen LogP contribution in [0.3, 0.4) is 0 Å². The molecule has 2 amide bonds. The van der Waals surface area contributed by atoms with Crippen LogP contribution in [0.2, 0.25) is 0 Å². The summed E-state index contributed by atoms with van der Waals surface area (Å²) in [5, 5.41) is 20.0. The lowest BCUT2D eigenvalue weighted by Crippen LogP contribution is -2.55. The summed E-state index contributed by atoms with van der Waals surface area (Å²) in [6.07, 6.45) is 3.31. The van der Waals surface area contributed by atoms with Crippen molar-refractivity contribution in [2.45, 2.75) is 6.04 Å². The average Bonchev–Trinajstić information content (AvgIpc) is 2.53. The molecule has 0 aliphatic carbocycles. The molecular formula is C12H17N5O4. The number of anilines is 1. The van der Waals surface area contributed by atoms with Crippen molar-refractivity contribution in [3.63, 3.8) is 0 Å². The topological polar surface area (TPSA) is 119 Å². The molecule has 1 fully saturated rings. The predicted molar refractivity (Wildman–Crippen MR) is 72.9 cm³/mol. The molecule has 0 bridgehead atoms. The van der Waals surface area contributed by atoms with Crippen molar-refractivity contribution in [2.24, 2.45) is 0 Å². The van der Waals surface area contributed by atoms with Crippen LogP contribution in [0.1, 0.15) is 0 Å². The maximum Gasteiger partial charge on any atom is 0.328 e. The Balaban J connectivity index is 1.86. The number of carboxylic acid groups (broad SMARTS) is 1. The van der Waals surface area contributed by atoms with Crippen molar-refractivity contribution >= 4 is 17.9 Å². The number of nitrogens with one attached hydrogen (secondary N) is 1. The van der Waals surface area contributed by atoms with Crippen molar-refractivity contribution in [1.29, 1.82) is 0 Å². The third kappa shape index (κ3) is 3.78. The summed E-state index contributed by atoms with van der Waals surface area (Å²) in [5.41, 5.74) is 0. The van der Waals surface area contributed by atoms with E-state index in [-0.39, 0.29) is 0 Å². The highest BCUT2D eigenvalue weighted by Gasteiger charge is 2.26. The van der Waals surface area contributed by atoms with Gasteiger partial charge >= 0.3 is 12.0 Å². The van der Waals surface area contributed by atoms with Crippen LogP contribution in [0.25, 0.3) is 0 Å². The van der Waals surface area contributed by atoms with E-state index < -0.39 is 24.6 Å². The molecule has 9 nitrogen and oxygen atoms in total. The van der Waals surface area contributed by atoms with E-state index in [9.17, 15) is 9.59 Å². The van der Waals surface area contributed by atoms with Gasteiger partial charge in [0.05, 0.1) is 6.61 Å². The molecule has 21 heavy (non-hydrogen) atoms. The Kier molecular flexibility index (Phi) is 4.88. The van der Waals surface area contributed by atoms with Crippen LogP contribution in [0.5, 0.6) is 0 Å². The van der Waals surface area contributed by atoms with Gasteiger partial charge in [-0.15, -0.1) is 0 Å². The second-order valence-electron chi connectivity index (χ2n) is 4.55. The molecule has 1 aliphatic rings. The van der Waals surface area contributed by atoms with Crippen molar-refractivity contribution in [3.05, 3.63) is 18.5 Å².